The zero-order valence-corrected chi connectivity index (χ0v) is 9.91. The number of carbonyl (C=O) groups excluding carboxylic acids is 2. The zero-order valence-electron chi connectivity index (χ0n) is 9.91. The molecule has 2 amide bonds. The summed E-state index contributed by atoms with van der Waals surface area (Å²) >= 11 is 0. The molecule has 0 bridgehead atoms. The second-order valence-electron chi connectivity index (χ2n) is 4.56. The van der Waals surface area contributed by atoms with Crippen molar-refractivity contribution in [2.24, 2.45) is 5.92 Å². The van der Waals surface area contributed by atoms with Gasteiger partial charge >= 0.3 is 0 Å². The van der Waals surface area contributed by atoms with E-state index in [1.54, 1.807) is 6.07 Å². The van der Waals surface area contributed by atoms with Crippen molar-refractivity contribution in [2.75, 3.05) is 11.9 Å². The summed E-state index contributed by atoms with van der Waals surface area (Å²) < 4.78 is 0. The van der Waals surface area contributed by atoms with Gasteiger partial charge in [-0.15, -0.1) is 0 Å². The first-order chi connectivity index (χ1) is 8.06. The molecule has 2 rings (SSSR count). The molecule has 1 aromatic rings. The second kappa shape index (κ2) is 4.53. The van der Waals surface area contributed by atoms with E-state index < -0.39 is 0 Å². The van der Waals surface area contributed by atoms with Gasteiger partial charge < -0.3 is 10.6 Å². The van der Waals surface area contributed by atoms with E-state index in [4.69, 9.17) is 0 Å². The molecular formula is C12H15N3O2. The standard InChI is InChI=1S/C12H15N3O2/c1-7(2)5-14-12(17)9-3-8-4-10(16)15-11(8)13-6-9/h3,6-7H,4-5H2,1-2H3,(H,14,17)(H,13,15,16). The molecule has 0 saturated carbocycles. The number of carbonyl (C=O) groups is 2. The number of fused-ring (bicyclic) bond motifs is 1. The number of rotatable bonds is 3. The van der Waals surface area contributed by atoms with Gasteiger partial charge in [-0.05, 0) is 12.0 Å². The molecule has 0 radical (unpaired) electrons. The number of nitrogens with one attached hydrogen (secondary N) is 2. The van der Waals surface area contributed by atoms with Crippen LogP contribution in [0.3, 0.4) is 0 Å². The summed E-state index contributed by atoms with van der Waals surface area (Å²) in [4.78, 5) is 27.0. The van der Waals surface area contributed by atoms with Crippen LogP contribution in [-0.2, 0) is 11.2 Å². The molecule has 0 aromatic carbocycles. The minimum absolute atomic E-state index is 0.0766. The Hall–Kier alpha value is -1.91. The molecule has 90 valence electrons. The molecule has 5 heteroatoms. The van der Waals surface area contributed by atoms with Gasteiger partial charge in [0, 0.05) is 18.3 Å². The lowest BCUT2D eigenvalue weighted by atomic mass is 10.1. The van der Waals surface area contributed by atoms with Gasteiger partial charge in [-0.1, -0.05) is 13.8 Å². The van der Waals surface area contributed by atoms with E-state index in [1.807, 2.05) is 13.8 Å². The lowest BCUT2D eigenvalue weighted by Gasteiger charge is -2.08. The van der Waals surface area contributed by atoms with E-state index in [9.17, 15) is 9.59 Å². The first-order valence-electron chi connectivity index (χ1n) is 5.63. The minimum atomic E-state index is -0.145. The van der Waals surface area contributed by atoms with Crippen LogP contribution in [0.25, 0.3) is 0 Å². The highest BCUT2D eigenvalue weighted by Gasteiger charge is 2.20. The van der Waals surface area contributed by atoms with Crippen LogP contribution in [0.1, 0.15) is 29.8 Å². The molecule has 0 aliphatic carbocycles. The van der Waals surface area contributed by atoms with Crippen LogP contribution in [0.2, 0.25) is 0 Å². The lowest BCUT2D eigenvalue weighted by molar-refractivity contribution is -0.115. The largest absolute Gasteiger partial charge is 0.352 e. The number of nitrogens with zero attached hydrogens (tertiary/aromatic N) is 1. The van der Waals surface area contributed by atoms with Crippen molar-refractivity contribution in [1.29, 1.82) is 0 Å². The molecule has 1 aromatic heterocycles. The van der Waals surface area contributed by atoms with Crippen LogP contribution < -0.4 is 10.6 Å². The molecule has 17 heavy (non-hydrogen) atoms. The highest BCUT2D eigenvalue weighted by molar-refractivity contribution is 6.00. The molecule has 2 heterocycles. The Morgan fingerprint density at radius 1 is 1.59 bits per heavy atom. The molecule has 0 atom stereocenters. The van der Waals surface area contributed by atoms with Crippen molar-refractivity contribution in [3.05, 3.63) is 23.4 Å². The number of hydrogen-bond donors (Lipinski definition) is 2. The fourth-order valence-corrected chi connectivity index (χ4v) is 1.63. The third kappa shape index (κ3) is 2.61. The SMILES string of the molecule is CC(C)CNC(=O)c1cnc2c(c1)CC(=O)N2. The second-order valence-corrected chi connectivity index (χ2v) is 4.56. The van der Waals surface area contributed by atoms with E-state index in [0.29, 0.717) is 30.3 Å². The van der Waals surface area contributed by atoms with Gasteiger partial charge in [-0.3, -0.25) is 9.59 Å². The van der Waals surface area contributed by atoms with Gasteiger partial charge in [0.15, 0.2) is 0 Å². The maximum atomic E-state index is 11.8. The van der Waals surface area contributed by atoms with Gasteiger partial charge in [0.1, 0.15) is 5.82 Å². The van der Waals surface area contributed by atoms with Gasteiger partial charge in [0.2, 0.25) is 5.91 Å². The van der Waals surface area contributed by atoms with Crippen molar-refractivity contribution in [3.63, 3.8) is 0 Å². The van der Waals surface area contributed by atoms with Crippen LogP contribution in [0.5, 0.6) is 0 Å². The highest BCUT2D eigenvalue weighted by Crippen LogP contribution is 2.20. The Labute approximate surface area is 99.6 Å². The Kier molecular flexibility index (Phi) is 3.08. The summed E-state index contributed by atoms with van der Waals surface area (Å²) in [5.74, 6) is 0.751. The van der Waals surface area contributed by atoms with Gasteiger partial charge in [-0.25, -0.2) is 4.98 Å². The van der Waals surface area contributed by atoms with Crippen LogP contribution >= 0.6 is 0 Å². The fraction of sp³-hybridized carbons (Fsp3) is 0.417. The molecular weight excluding hydrogens is 218 g/mol. The molecule has 0 saturated heterocycles. The van der Waals surface area contributed by atoms with Gasteiger partial charge in [0.05, 0.1) is 12.0 Å². The Bertz CT molecular complexity index is 469. The summed E-state index contributed by atoms with van der Waals surface area (Å²) in [6.07, 6.45) is 1.79. The lowest BCUT2D eigenvalue weighted by Crippen LogP contribution is -2.27. The summed E-state index contributed by atoms with van der Waals surface area (Å²) in [6, 6.07) is 1.72. The van der Waals surface area contributed by atoms with Crippen molar-refractivity contribution >= 4 is 17.6 Å². The topological polar surface area (TPSA) is 71.1 Å². The van der Waals surface area contributed by atoms with E-state index in [1.165, 1.54) is 6.20 Å². The van der Waals surface area contributed by atoms with Crippen LogP contribution in [0.15, 0.2) is 12.3 Å². The van der Waals surface area contributed by atoms with E-state index in [2.05, 4.69) is 15.6 Å². The maximum absolute atomic E-state index is 11.8. The normalized spacial score (nSPS) is 13.5. The number of hydrogen-bond acceptors (Lipinski definition) is 3. The van der Waals surface area contributed by atoms with E-state index in [0.717, 1.165) is 5.56 Å². The van der Waals surface area contributed by atoms with Crippen molar-refractivity contribution in [3.8, 4) is 0 Å². The van der Waals surface area contributed by atoms with Gasteiger partial charge in [0.25, 0.3) is 5.91 Å². The van der Waals surface area contributed by atoms with Gasteiger partial charge in [-0.2, -0.15) is 0 Å². The van der Waals surface area contributed by atoms with Crippen molar-refractivity contribution in [1.82, 2.24) is 10.3 Å². The number of aromatic nitrogens is 1. The first kappa shape index (κ1) is 11.6. The Morgan fingerprint density at radius 2 is 2.35 bits per heavy atom. The summed E-state index contributed by atoms with van der Waals surface area (Å²) in [6.45, 7) is 4.70. The third-order valence-electron chi connectivity index (χ3n) is 2.51. The highest BCUT2D eigenvalue weighted by atomic mass is 16.2. The Balaban J connectivity index is 2.10. The quantitative estimate of drug-likeness (QED) is 0.817. The third-order valence-corrected chi connectivity index (χ3v) is 2.51. The zero-order chi connectivity index (χ0) is 12.4. The molecule has 0 unspecified atom stereocenters. The summed E-state index contributed by atoms with van der Waals surface area (Å²) in [5, 5.41) is 5.45. The predicted octanol–water partition coefficient (Wildman–Crippen LogP) is 0.962. The summed E-state index contributed by atoms with van der Waals surface area (Å²) in [7, 11) is 0. The van der Waals surface area contributed by atoms with Crippen molar-refractivity contribution in [2.45, 2.75) is 20.3 Å². The minimum Gasteiger partial charge on any atom is -0.352 e. The molecule has 1 aliphatic heterocycles. The van der Waals surface area contributed by atoms with Crippen LogP contribution in [-0.4, -0.2) is 23.3 Å². The van der Waals surface area contributed by atoms with E-state index in [-0.39, 0.29) is 11.8 Å². The number of pyridine rings is 1. The van der Waals surface area contributed by atoms with E-state index >= 15 is 0 Å². The maximum Gasteiger partial charge on any atom is 0.252 e. The average molecular weight is 233 g/mol. The monoisotopic (exact) mass is 233 g/mol. The molecule has 1 aliphatic rings. The van der Waals surface area contributed by atoms with Crippen LogP contribution in [0, 0.1) is 5.92 Å². The molecule has 5 nitrogen and oxygen atoms in total. The number of anilines is 1. The number of amides is 2. The van der Waals surface area contributed by atoms with Crippen LogP contribution in [0.4, 0.5) is 5.82 Å². The predicted molar refractivity (Wildman–Crippen MR) is 63.7 cm³/mol. The van der Waals surface area contributed by atoms with Crippen molar-refractivity contribution < 1.29 is 9.59 Å². The Morgan fingerprint density at radius 3 is 3.06 bits per heavy atom. The smallest absolute Gasteiger partial charge is 0.252 e. The summed E-state index contributed by atoms with van der Waals surface area (Å²) in [5.41, 5.74) is 1.29. The molecule has 0 fully saturated rings. The average Bonchev–Trinajstić information content (AvgIpc) is 2.64. The fourth-order valence-electron chi connectivity index (χ4n) is 1.63. The first-order valence-corrected chi connectivity index (χ1v) is 5.63. The molecule has 0 spiro atoms. The molecule has 2 N–H and O–H groups in total.